The van der Waals surface area contributed by atoms with Crippen LogP contribution in [0.1, 0.15) is 17.4 Å². The smallest absolute Gasteiger partial charge is 0.273 e. The molecule has 1 rings (SSSR count). The molecule has 0 aliphatic carbocycles. The Morgan fingerprint density at radius 3 is 2.71 bits per heavy atom. The lowest BCUT2D eigenvalue weighted by Gasteiger charge is -2.19. The first-order chi connectivity index (χ1) is 8.08. The van der Waals surface area contributed by atoms with Crippen molar-refractivity contribution >= 4 is 11.8 Å². The van der Waals surface area contributed by atoms with Crippen molar-refractivity contribution in [3.8, 4) is 0 Å². The van der Waals surface area contributed by atoms with Crippen LogP contribution in [0.15, 0.2) is 18.2 Å². The molecule has 0 aliphatic rings. The molecule has 0 aliphatic heterocycles. The molecule has 1 aromatic rings. The van der Waals surface area contributed by atoms with Gasteiger partial charge in [-0.25, -0.2) is 4.98 Å². The highest BCUT2D eigenvalue weighted by molar-refractivity contribution is 5.94. The van der Waals surface area contributed by atoms with Crippen LogP contribution in [0.2, 0.25) is 0 Å². The average molecular weight is 239 g/mol. The van der Waals surface area contributed by atoms with Crippen LogP contribution >= 0.6 is 0 Å². The van der Waals surface area contributed by atoms with Crippen molar-refractivity contribution in [2.24, 2.45) is 0 Å². The number of amides is 2. The Bertz CT molecular complexity index is 423. The number of hydrogen-bond donors (Lipinski definition) is 1. The lowest BCUT2D eigenvalue weighted by molar-refractivity contribution is -0.121. The summed E-state index contributed by atoms with van der Waals surface area (Å²) in [5.74, 6) is -1.46. The average Bonchev–Trinajstić information content (AvgIpc) is 2.34. The summed E-state index contributed by atoms with van der Waals surface area (Å²) in [5.41, 5.74) is -0.00393. The van der Waals surface area contributed by atoms with Gasteiger partial charge >= 0.3 is 0 Å². The van der Waals surface area contributed by atoms with Crippen LogP contribution in [0.4, 0.5) is 4.39 Å². The van der Waals surface area contributed by atoms with Gasteiger partial charge in [0.05, 0.1) is 6.54 Å². The van der Waals surface area contributed by atoms with Gasteiger partial charge in [-0.05, 0) is 19.1 Å². The molecule has 0 saturated heterocycles. The molecule has 0 saturated carbocycles. The van der Waals surface area contributed by atoms with Crippen LogP contribution < -0.4 is 5.32 Å². The third-order valence-corrected chi connectivity index (χ3v) is 2.22. The second-order valence-corrected chi connectivity index (χ2v) is 3.34. The Hall–Kier alpha value is -1.98. The summed E-state index contributed by atoms with van der Waals surface area (Å²) in [6, 6.07) is 3.98. The van der Waals surface area contributed by atoms with Crippen LogP contribution in [0.3, 0.4) is 0 Å². The molecule has 1 heterocycles. The SMILES string of the molecule is CCN(CC(=O)NC)C(=O)c1cccc(F)n1. The molecule has 2 amide bonds. The normalized spacial score (nSPS) is 9.82. The van der Waals surface area contributed by atoms with Crippen LogP contribution in [0.5, 0.6) is 0 Å². The molecule has 92 valence electrons. The maximum absolute atomic E-state index is 12.9. The fourth-order valence-corrected chi connectivity index (χ4v) is 1.27. The van der Waals surface area contributed by atoms with Crippen molar-refractivity contribution in [2.45, 2.75) is 6.92 Å². The third-order valence-electron chi connectivity index (χ3n) is 2.22. The largest absolute Gasteiger partial charge is 0.358 e. The number of rotatable bonds is 4. The van der Waals surface area contributed by atoms with E-state index in [2.05, 4.69) is 10.3 Å². The molecule has 0 fully saturated rings. The lowest BCUT2D eigenvalue weighted by atomic mass is 10.3. The number of halogens is 1. The van der Waals surface area contributed by atoms with Crippen molar-refractivity contribution in [1.82, 2.24) is 15.2 Å². The minimum Gasteiger partial charge on any atom is -0.358 e. The molecular weight excluding hydrogens is 225 g/mol. The highest BCUT2D eigenvalue weighted by Crippen LogP contribution is 2.03. The van der Waals surface area contributed by atoms with E-state index in [1.54, 1.807) is 6.92 Å². The first-order valence-electron chi connectivity index (χ1n) is 5.21. The monoisotopic (exact) mass is 239 g/mol. The van der Waals surface area contributed by atoms with Gasteiger partial charge in [-0.3, -0.25) is 9.59 Å². The molecule has 0 radical (unpaired) electrons. The first-order valence-corrected chi connectivity index (χ1v) is 5.21. The van der Waals surface area contributed by atoms with Gasteiger partial charge in [0.1, 0.15) is 5.69 Å². The zero-order chi connectivity index (χ0) is 12.8. The van der Waals surface area contributed by atoms with Crippen LogP contribution in [0.25, 0.3) is 0 Å². The number of aromatic nitrogens is 1. The van der Waals surface area contributed by atoms with Crippen molar-refractivity contribution < 1.29 is 14.0 Å². The summed E-state index contributed by atoms with van der Waals surface area (Å²) in [7, 11) is 1.49. The molecule has 0 spiro atoms. The quantitative estimate of drug-likeness (QED) is 0.775. The predicted molar refractivity (Wildman–Crippen MR) is 59.8 cm³/mol. The first kappa shape index (κ1) is 13.1. The van der Waals surface area contributed by atoms with Crippen molar-refractivity contribution in [3.63, 3.8) is 0 Å². The predicted octanol–water partition coefficient (Wildman–Crippen LogP) is 0.429. The molecule has 17 heavy (non-hydrogen) atoms. The minimum atomic E-state index is -0.716. The Morgan fingerprint density at radius 2 is 2.18 bits per heavy atom. The van der Waals surface area contributed by atoms with Gasteiger partial charge < -0.3 is 10.2 Å². The Morgan fingerprint density at radius 1 is 1.47 bits per heavy atom. The van der Waals surface area contributed by atoms with E-state index in [1.165, 1.54) is 24.1 Å². The summed E-state index contributed by atoms with van der Waals surface area (Å²) in [6.45, 7) is 2.02. The van der Waals surface area contributed by atoms with Crippen molar-refractivity contribution in [1.29, 1.82) is 0 Å². The van der Waals surface area contributed by atoms with Gasteiger partial charge in [-0.15, -0.1) is 0 Å². The van der Waals surface area contributed by atoms with E-state index in [9.17, 15) is 14.0 Å². The Balaban J connectivity index is 2.82. The molecule has 0 bridgehead atoms. The van der Waals surface area contributed by atoms with Crippen molar-refractivity contribution in [3.05, 3.63) is 29.8 Å². The molecule has 0 unspecified atom stereocenters. The number of carbonyl (C=O) groups excluding carboxylic acids is 2. The maximum Gasteiger partial charge on any atom is 0.273 e. The van der Waals surface area contributed by atoms with Crippen molar-refractivity contribution in [2.75, 3.05) is 20.1 Å². The number of hydrogen-bond acceptors (Lipinski definition) is 3. The zero-order valence-corrected chi connectivity index (χ0v) is 9.74. The van der Waals surface area contributed by atoms with E-state index in [0.717, 1.165) is 6.07 Å². The van der Waals surface area contributed by atoms with Gasteiger partial charge in [0.25, 0.3) is 5.91 Å². The van der Waals surface area contributed by atoms with Gasteiger partial charge in [-0.2, -0.15) is 4.39 Å². The van der Waals surface area contributed by atoms with E-state index in [0.29, 0.717) is 6.54 Å². The molecule has 1 N–H and O–H groups in total. The van der Waals surface area contributed by atoms with Gasteiger partial charge in [0.2, 0.25) is 11.9 Å². The second kappa shape index (κ2) is 5.93. The number of nitrogens with zero attached hydrogens (tertiary/aromatic N) is 2. The lowest BCUT2D eigenvalue weighted by Crippen LogP contribution is -2.39. The maximum atomic E-state index is 12.9. The summed E-state index contributed by atoms with van der Waals surface area (Å²) < 4.78 is 12.9. The molecule has 0 aromatic carbocycles. The van der Waals surface area contributed by atoms with E-state index in [-0.39, 0.29) is 18.1 Å². The number of pyridine rings is 1. The van der Waals surface area contributed by atoms with E-state index in [1.807, 2.05) is 0 Å². The topological polar surface area (TPSA) is 62.3 Å². The summed E-state index contributed by atoms with van der Waals surface area (Å²) in [6.07, 6.45) is 0. The van der Waals surface area contributed by atoms with Gasteiger partial charge in [-0.1, -0.05) is 6.07 Å². The Labute approximate surface area is 98.6 Å². The molecule has 1 aromatic heterocycles. The summed E-state index contributed by atoms with van der Waals surface area (Å²) >= 11 is 0. The molecule has 0 atom stereocenters. The standard InChI is InChI=1S/C11H14FN3O2/c1-3-15(7-10(16)13-2)11(17)8-5-4-6-9(12)14-8/h4-6H,3,7H2,1-2H3,(H,13,16). The van der Waals surface area contributed by atoms with Crippen LogP contribution in [-0.2, 0) is 4.79 Å². The number of likely N-dealkylation sites (N-methyl/N-ethyl adjacent to an activating group) is 2. The third kappa shape index (κ3) is 3.51. The second-order valence-electron chi connectivity index (χ2n) is 3.34. The zero-order valence-electron chi connectivity index (χ0n) is 9.74. The van der Waals surface area contributed by atoms with Gasteiger partial charge in [0.15, 0.2) is 0 Å². The highest BCUT2D eigenvalue weighted by Gasteiger charge is 2.18. The van der Waals surface area contributed by atoms with E-state index < -0.39 is 11.9 Å². The summed E-state index contributed by atoms with van der Waals surface area (Å²) in [4.78, 5) is 27.9. The Kier molecular flexibility index (Phi) is 4.56. The minimum absolute atomic E-state index is 0.00393. The highest BCUT2D eigenvalue weighted by atomic mass is 19.1. The van der Waals surface area contributed by atoms with Gasteiger partial charge in [0, 0.05) is 13.6 Å². The number of nitrogens with one attached hydrogen (secondary N) is 1. The van der Waals surface area contributed by atoms with Crippen LogP contribution in [-0.4, -0.2) is 41.8 Å². The van der Waals surface area contributed by atoms with E-state index in [4.69, 9.17) is 0 Å². The molecular formula is C11H14FN3O2. The fourth-order valence-electron chi connectivity index (χ4n) is 1.27. The molecule has 5 nitrogen and oxygen atoms in total. The van der Waals surface area contributed by atoms with Crippen LogP contribution in [0, 0.1) is 5.95 Å². The fraction of sp³-hybridized carbons (Fsp3) is 0.364. The summed E-state index contributed by atoms with van der Waals surface area (Å²) in [5, 5.41) is 2.42. The van der Waals surface area contributed by atoms with E-state index >= 15 is 0 Å². The molecule has 6 heteroatoms. The number of carbonyl (C=O) groups is 2.